The lowest BCUT2D eigenvalue weighted by atomic mass is 10.00. The largest absolute Gasteiger partial charge is 0.467 e. The molecule has 0 aliphatic heterocycles. The minimum Gasteiger partial charge on any atom is -0.467 e. The molecule has 0 saturated carbocycles. The minimum atomic E-state index is -0.500. The molecule has 0 unspecified atom stereocenters. The smallest absolute Gasteiger partial charge is 0.344 e. The van der Waals surface area contributed by atoms with E-state index in [1.165, 1.54) is 12.3 Å². The Morgan fingerprint density at radius 1 is 1.10 bits per heavy atom. The van der Waals surface area contributed by atoms with Crippen LogP contribution in [0.4, 0.5) is 0 Å². The van der Waals surface area contributed by atoms with Gasteiger partial charge in [-0.1, -0.05) is 29.8 Å². The van der Waals surface area contributed by atoms with Crippen LogP contribution in [0.15, 0.2) is 64.8 Å². The van der Waals surface area contributed by atoms with Crippen LogP contribution in [0.25, 0.3) is 6.08 Å². The number of nitrogens with one attached hydrogen (secondary N) is 1. The highest BCUT2D eigenvalue weighted by Crippen LogP contribution is 2.21. The van der Waals surface area contributed by atoms with Crippen LogP contribution in [0, 0.1) is 32.1 Å². The number of furan rings is 1. The number of carbonyl (C=O) groups excluding carboxylic acids is 2. The summed E-state index contributed by atoms with van der Waals surface area (Å²) in [6, 6.07) is 15.8. The molecule has 0 fully saturated rings. The lowest BCUT2D eigenvalue weighted by Gasteiger charge is -2.11. The normalized spacial score (nSPS) is 11.0. The van der Waals surface area contributed by atoms with E-state index in [1.807, 2.05) is 39.0 Å². The standard InChI is InChI=1S/C25H22N2O4/c1-16-11-17(2)23(18(3)12-16)25(29)31-21-8-6-19(7-9-21)13-20(14-26)24(28)27-15-22-5-4-10-30-22/h4-13H,15H2,1-3H3,(H,27,28)/b20-13+. The number of hydrogen-bond donors (Lipinski definition) is 1. The summed E-state index contributed by atoms with van der Waals surface area (Å²) in [5.41, 5.74) is 3.95. The molecule has 0 aliphatic rings. The van der Waals surface area contributed by atoms with Gasteiger partial charge < -0.3 is 14.5 Å². The zero-order chi connectivity index (χ0) is 22.4. The molecule has 2 aromatic carbocycles. The summed E-state index contributed by atoms with van der Waals surface area (Å²) in [4.78, 5) is 24.8. The Balaban J connectivity index is 1.68. The van der Waals surface area contributed by atoms with Gasteiger partial charge in [-0.2, -0.15) is 5.26 Å². The van der Waals surface area contributed by atoms with Crippen LogP contribution in [0.3, 0.4) is 0 Å². The van der Waals surface area contributed by atoms with Crippen LogP contribution >= 0.6 is 0 Å². The third-order valence-electron chi connectivity index (χ3n) is 4.65. The van der Waals surface area contributed by atoms with Crippen molar-refractivity contribution in [2.45, 2.75) is 27.3 Å². The first kappa shape index (κ1) is 21.6. The van der Waals surface area contributed by atoms with Crippen molar-refractivity contribution in [3.05, 3.63) is 93.9 Å². The van der Waals surface area contributed by atoms with Crippen LogP contribution < -0.4 is 10.1 Å². The van der Waals surface area contributed by atoms with Crippen LogP contribution in [0.2, 0.25) is 0 Å². The van der Waals surface area contributed by atoms with E-state index in [9.17, 15) is 14.9 Å². The van der Waals surface area contributed by atoms with Crippen LogP contribution in [-0.2, 0) is 11.3 Å². The van der Waals surface area contributed by atoms with Crippen molar-refractivity contribution < 1.29 is 18.7 Å². The summed E-state index contributed by atoms with van der Waals surface area (Å²) >= 11 is 0. The van der Waals surface area contributed by atoms with E-state index >= 15 is 0 Å². The minimum absolute atomic E-state index is 0.0396. The number of hydrogen-bond acceptors (Lipinski definition) is 5. The maximum atomic E-state index is 12.6. The molecule has 0 radical (unpaired) electrons. The number of carbonyl (C=O) groups is 2. The summed E-state index contributed by atoms with van der Waals surface area (Å²) in [6.07, 6.45) is 2.98. The van der Waals surface area contributed by atoms with Crippen molar-refractivity contribution >= 4 is 18.0 Å². The van der Waals surface area contributed by atoms with Crippen molar-refractivity contribution in [2.75, 3.05) is 0 Å². The molecule has 1 N–H and O–H groups in total. The van der Waals surface area contributed by atoms with Gasteiger partial charge in [0, 0.05) is 0 Å². The molecule has 1 aromatic heterocycles. The van der Waals surface area contributed by atoms with Gasteiger partial charge in [-0.05, 0) is 67.8 Å². The topological polar surface area (TPSA) is 92.3 Å². The molecule has 156 valence electrons. The maximum Gasteiger partial charge on any atom is 0.344 e. The highest BCUT2D eigenvalue weighted by atomic mass is 16.5. The number of aryl methyl sites for hydroxylation is 3. The lowest BCUT2D eigenvalue weighted by molar-refractivity contribution is -0.117. The van der Waals surface area contributed by atoms with E-state index in [2.05, 4.69) is 5.32 Å². The van der Waals surface area contributed by atoms with E-state index in [0.29, 0.717) is 22.6 Å². The van der Waals surface area contributed by atoms with Gasteiger partial charge in [-0.25, -0.2) is 4.79 Å². The average molecular weight is 414 g/mol. The second-order valence-electron chi connectivity index (χ2n) is 7.16. The number of benzene rings is 2. The van der Waals surface area contributed by atoms with E-state index < -0.39 is 11.9 Å². The third kappa shape index (κ3) is 5.49. The van der Waals surface area contributed by atoms with E-state index in [4.69, 9.17) is 9.15 Å². The van der Waals surface area contributed by atoms with Crippen molar-refractivity contribution in [3.63, 3.8) is 0 Å². The Morgan fingerprint density at radius 3 is 2.35 bits per heavy atom. The first-order chi connectivity index (χ1) is 14.9. The van der Waals surface area contributed by atoms with E-state index in [1.54, 1.807) is 36.4 Å². The molecule has 1 amide bonds. The molecule has 0 saturated heterocycles. The Kier molecular flexibility index (Phi) is 6.68. The monoisotopic (exact) mass is 414 g/mol. The second-order valence-corrected chi connectivity index (χ2v) is 7.16. The quantitative estimate of drug-likeness (QED) is 0.274. The number of esters is 1. The summed E-state index contributed by atoms with van der Waals surface area (Å²) in [5, 5.41) is 11.9. The van der Waals surface area contributed by atoms with Gasteiger partial charge in [0.1, 0.15) is 23.2 Å². The van der Waals surface area contributed by atoms with Gasteiger partial charge in [0.15, 0.2) is 0 Å². The predicted octanol–water partition coefficient (Wildman–Crippen LogP) is 4.65. The van der Waals surface area contributed by atoms with Gasteiger partial charge >= 0.3 is 5.97 Å². The molecule has 1 heterocycles. The number of nitrogens with zero attached hydrogens (tertiary/aromatic N) is 1. The predicted molar refractivity (Wildman–Crippen MR) is 116 cm³/mol. The number of rotatable bonds is 6. The fourth-order valence-electron chi connectivity index (χ4n) is 3.28. The molecule has 6 nitrogen and oxygen atoms in total. The van der Waals surface area contributed by atoms with E-state index in [-0.39, 0.29) is 12.1 Å². The molecule has 3 aromatic rings. The summed E-state index contributed by atoms with van der Waals surface area (Å²) in [6.45, 7) is 5.93. The van der Waals surface area contributed by atoms with Gasteiger partial charge in [-0.3, -0.25) is 4.79 Å². The van der Waals surface area contributed by atoms with Crippen molar-refractivity contribution in [3.8, 4) is 11.8 Å². The number of amides is 1. The Morgan fingerprint density at radius 2 is 1.77 bits per heavy atom. The molecule has 6 heteroatoms. The highest BCUT2D eigenvalue weighted by Gasteiger charge is 2.15. The Hall–Kier alpha value is -4.11. The number of ether oxygens (including phenoxy) is 1. The van der Waals surface area contributed by atoms with Gasteiger partial charge in [-0.15, -0.1) is 0 Å². The molecular weight excluding hydrogens is 392 g/mol. The van der Waals surface area contributed by atoms with Gasteiger partial charge in [0.05, 0.1) is 18.4 Å². The first-order valence-corrected chi connectivity index (χ1v) is 9.70. The molecule has 31 heavy (non-hydrogen) atoms. The SMILES string of the molecule is Cc1cc(C)c(C(=O)Oc2ccc(/C=C(\C#N)C(=O)NCc3ccco3)cc2)c(C)c1. The molecule has 0 spiro atoms. The van der Waals surface area contributed by atoms with Gasteiger partial charge in [0.2, 0.25) is 0 Å². The van der Waals surface area contributed by atoms with Crippen molar-refractivity contribution in [1.29, 1.82) is 5.26 Å². The highest BCUT2D eigenvalue weighted by molar-refractivity contribution is 6.01. The molecule has 0 atom stereocenters. The fourth-order valence-corrected chi connectivity index (χ4v) is 3.28. The van der Waals surface area contributed by atoms with Crippen molar-refractivity contribution in [2.24, 2.45) is 0 Å². The molecule has 3 rings (SSSR count). The van der Waals surface area contributed by atoms with E-state index in [0.717, 1.165) is 16.7 Å². The Labute approximate surface area is 180 Å². The summed E-state index contributed by atoms with van der Waals surface area (Å²) in [5.74, 6) is 0.0474. The average Bonchev–Trinajstić information content (AvgIpc) is 3.24. The zero-order valence-electron chi connectivity index (χ0n) is 17.6. The van der Waals surface area contributed by atoms with Crippen LogP contribution in [-0.4, -0.2) is 11.9 Å². The van der Waals surface area contributed by atoms with Crippen LogP contribution in [0.5, 0.6) is 5.75 Å². The lowest BCUT2D eigenvalue weighted by Crippen LogP contribution is -2.23. The molecule has 0 aliphatic carbocycles. The first-order valence-electron chi connectivity index (χ1n) is 9.70. The maximum absolute atomic E-state index is 12.6. The van der Waals surface area contributed by atoms with Crippen molar-refractivity contribution in [1.82, 2.24) is 5.32 Å². The van der Waals surface area contributed by atoms with Crippen LogP contribution in [0.1, 0.15) is 38.4 Å². The number of nitriles is 1. The third-order valence-corrected chi connectivity index (χ3v) is 4.65. The molecular formula is C25H22N2O4. The fraction of sp³-hybridized carbons (Fsp3) is 0.160. The zero-order valence-corrected chi connectivity index (χ0v) is 17.6. The molecule has 0 bridgehead atoms. The summed E-state index contributed by atoms with van der Waals surface area (Å²) < 4.78 is 10.7. The second kappa shape index (κ2) is 9.59. The summed E-state index contributed by atoms with van der Waals surface area (Å²) in [7, 11) is 0. The Bertz CT molecular complexity index is 1140. The van der Waals surface area contributed by atoms with Gasteiger partial charge in [0.25, 0.3) is 5.91 Å².